The average molecular weight is 766 g/mol. The Bertz CT molecular complexity index is 1990. The molecular formula is C43H53F2NO5S2. The van der Waals surface area contributed by atoms with Gasteiger partial charge in [0.05, 0.1) is 11.7 Å². The number of allylic oxidation sites excluding steroid dienone is 2. The van der Waals surface area contributed by atoms with Crippen molar-refractivity contribution in [2.45, 2.75) is 114 Å². The summed E-state index contributed by atoms with van der Waals surface area (Å²) in [6.45, 7) is 8.99. The van der Waals surface area contributed by atoms with Crippen molar-refractivity contribution < 1.29 is 32.2 Å². The summed E-state index contributed by atoms with van der Waals surface area (Å²) in [7, 11) is -3.93. The molecule has 0 aliphatic heterocycles. The summed E-state index contributed by atoms with van der Waals surface area (Å²) < 4.78 is 59.3. The van der Waals surface area contributed by atoms with Crippen LogP contribution in [-0.4, -0.2) is 53.5 Å². The highest BCUT2D eigenvalue weighted by atomic mass is 32.2. The summed E-state index contributed by atoms with van der Waals surface area (Å²) in [6.07, 6.45) is 8.23. The molecule has 286 valence electrons. The predicted octanol–water partition coefficient (Wildman–Crippen LogP) is 9.06. The van der Waals surface area contributed by atoms with Crippen LogP contribution in [0.2, 0.25) is 0 Å². The van der Waals surface area contributed by atoms with E-state index < -0.39 is 44.6 Å². The molecule has 0 radical (unpaired) electrons. The largest absolute Gasteiger partial charge is 0.393 e. The molecule has 7 atom stereocenters. The minimum atomic E-state index is -3.93. The van der Waals surface area contributed by atoms with Gasteiger partial charge in [-0.3, -0.25) is 4.79 Å². The lowest BCUT2D eigenvalue weighted by Gasteiger charge is -2.60. The van der Waals surface area contributed by atoms with E-state index in [4.69, 9.17) is 0 Å². The van der Waals surface area contributed by atoms with Gasteiger partial charge in [-0.1, -0.05) is 50.6 Å². The lowest BCUT2D eigenvalue weighted by Crippen LogP contribution is -2.58. The van der Waals surface area contributed by atoms with E-state index in [1.807, 2.05) is 19.1 Å². The van der Waals surface area contributed by atoms with E-state index in [1.54, 1.807) is 27.9 Å². The fourth-order valence-corrected chi connectivity index (χ4v) is 13.2. The van der Waals surface area contributed by atoms with E-state index in [9.17, 15) is 32.2 Å². The van der Waals surface area contributed by atoms with Crippen LogP contribution in [0.1, 0.15) is 118 Å². The molecule has 0 amide bonds. The molecule has 4 fully saturated rings. The molecule has 4 bridgehead atoms. The topological polar surface area (TPSA) is 94.9 Å². The van der Waals surface area contributed by atoms with Crippen LogP contribution in [0.5, 0.6) is 0 Å². The van der Waals surface area contributed by atoms with Crippen LogP contribution in [0.15, 0.2) is 69.8 Å². The van der Waals surface area contributed by atoms with Crippen LogP contribution in [0.3, 0.4) is 0 Å². The van der Waals surface area contributed by atoms with Gasteiger partial charge in [0.15, 0.2) is 17.4 Å². The Balaban J connectivity index is 1.31. The van der Waals surface area contributed by atoms with E-state index in [0.717, 1.165) is 42.5 Å². The number of benzene rings is 2. The summed E-state index contributed by atoms with van der Waals surface area (Å²) in [5.41, 5.74) is 0.789. The van der Waals surface area contributed by atoms with Gasteiger partial charge in [-0.05, 0) is 147 Å². The molecular weight excluding hydrogens is 713 g/mol. The number of aliphatic hydroxyl groups excluding tert-OH is 1. The normalized spacial score (nSPS) is 31.4. The molecule has 9 rings (SSSR count). The number of nitrogens with zero attached hydrogens (tertiary/aromatic N) is 1. The van der Waals surface area contributed by atoms with Gasteiger partial charge in [0, 0.05) is 29.6 Å². The second-order valence-corrected chi connectivity index (χ2v) is 20.4. The van der Waals surface area contributed by atoms with E-state index >= 15 is 0 Å². The van der Waals surface area contributed by atoms with Crippen molar-refractivity contribution in [1.29, 1.82) is 0 Å². The number of carbonyl (C=O) groups excluding carboxylic acids is 1. The Labute approximate surface area is 317 Å². The van der Waals surface area contributed by atoms with Gasteiger partial charge in [0.2, 0.25) is 0 Å². The minimum Gasteiger partial charge on any atom is -0.393 e. The number of hydrogen-bond acceptors (Lipinski definition) is 6. The molecule has 2 aromatic carbocycles. The zero-order valence-corrected chi connectivity index (χ0v) is 32.9. The summed E-state index contributed by atoms with van der Waals surface area (Å²) >= 11 is 1.19. The summed E-state index contributed by atoms with van der Waals surface area (Å²) in [5, 5.41) is 25.8. The molecule has 1 aromatic heterocycles. The lowest BCUT2D eigenvalue weighted by atomic mass is 9.45. The molecule has 0 spiro atoms. The van der Waals surface area contributed by atoms with E-state index in [2.05, 4.69) is 26.8 Å². The van der Waals surface area contributed by atoms with Crippen molar-refractivity contribution in [2.24, 2.45) is 28.6 Å². The van der Waals surface area contributed by atoms with Gasteiger partial charge in [-0.15, -0.1) is 11.3 Å². The Morgan fingerprint density at radius 3 is 2.49 bits per heavy atom. The molecule has 6 nitrogen and oxygen atoms in total. The van der Waals surface area contributed by atoms with Crippen LogP contribution in [0.4, 0.5) is 8.78 Å². The smallest absolute Gasteiger partial charge is 0.252 e. The van der Waals surface area contributed by atoms with Crippen molar-refractivity contribution in [3.63, 3.8) is 0 Å². The van der Waals surface area contributed by atoms with E-state index in [1.165, 1.54) is 17.4 Å². The van der Waals surface area contributed by atoms with Crippen molar-refractivity contribution in [3.05, 3.63) is 99.4 Å². The molecule has 6 aliphatic rings. The zero-order chi connectivity index (χ0) is 37.9. The van der Waals surface area contributed by atoms with Crippen LogP contribution in [0.25, 0.3) is 0 Å². The first-order chi connectivity index (χ1) is 25.0. The van der Waals surface area contributed by atoms with Gasteiger partial charge in [-0.25, -0.2) is 17.2 Å². The minimum absolute atomic E-state index is 0.0133. The van der Waals surface area contributed by atoms with Crippen molar-refractivity contribution >= 4 is 27.1 Å². The molecule has 7 unspecified atom stereocenters. The highest BCUT2D eigenvalue weighted by molar-refractivity contribution is 7.91. The standard InChI is InChI=1S/C43H53F2NO5S2/c1-27-7-5-18-42(4)35(33-15-10-28(21-32(47)14-9-27)22-34(33)40(48)29-12-16-37(44)38(45)23-29)17-19-43(42,49)26-46(53(50,51)39-8-6-20-52-39)25-30-11-13-31-24-36(30)41(31,2)3/h6-8,10,12,15-16,20,22-23,30-32,35-36,47,49H,5,9,11,13-14,17-19,21,24-26H2,1-4H3. The monoisotopic (exact) mass is 765 g/mol. The summed E-state index contributed by atoms with van der Waals surface area (Å²) in [4.78, 5) is 14.3. The van der Waals surface area contributed by atoms with Crippen molar-refractivity contribution in [3.8, 4) is 0 Å². The Morgan fingerprint density at radius 1 is 1.00 bits per heavy atom. The number of halogens is 2. The summed E-state index contributed by atoms with van der Waals surface area (Å²) in [5.74, 6) is -1.68. The van der Waals surface area contributed by atoms with Gasteiger partial charge < -0.3 is 10.2 Å². The van der Waals surface area contributed by atoms with E-state index in [0.29, 0.717) is 74.5 Å². The molecule has 2 N–H and O–H groups in total. The third-order valence-corrected chi connectivity index (χ3v) is 17.2. The van der Waals surface area contributed by atoms with Crippen LogP contribution in [-0.2, 0) is 16.4 Å². The van der Waals surface area contributed by atoms with Crippen LogP contribution < -0.4 is 0 Å². The fourth-order valence-electron chi connectivity index (χ4n) is 10.5. The van der Waals surface area contributed by atoms with Crippen LogP contribution >= 0.6 is 11.3 Å². The molecule has 3 aromatic rings. The number of thiophene rings is 1. The molecule has 1 heterocycles. The number of ketones is 1. The zero-order valence-electron chi connectivity index (χ0n) is 31.3. The average Bonchev–Trinajstić information content (AvgIpc) is 3.75. The SMILES string of the molecule is CC1=CCCC2(C)C(CCC2(O)CN(CC2CCC3CC2C3(C)C)S(=O)(=O)c2cccs2)c2ccc(cc2C(=O)c2ccc(F)c(F)c2)CC(O)CC1. The second kappa shape index (κ2) is 14.4. The number of aliphatic hydroxyl groups is 2. The van der Waals surface area contributed by atoms with E-state index in [-0.39, 0.29) is 33.6 Å². The van der Waals surface area contributed by atoms with Crippen LogP contribution in [0, 0.1) is 40.2 Å². The Kier molecular flexibility index (Phi) is 10.5. The first kappa shape index (κ1) is 38.5. The molecule has 53 heavy (non-hydrogen) atoms. The maximum absolute atomic E-state index is 14.5. The quantitative estimate of drug-likeness (QED) is 0.176. The van der Waals surface area contributed by atoms with Gasteiger partial charge >= 0.3 is 0 Å². The molecule has 0 saturated heterocycles. The van der Waals surface area contributed by atoms with Crippen molar-refractivity contribution in [2.75, 3.05) is 13.1 Å². The third kappa shape index (κ3) is 7.01. The third-order valence-electron chi connectivity index (χ3n) is 14.1. The number of hydrogen-bond donors (Lipinski definition) is 2. The second-order valence-electron chi connectivity index (χ2n) is 17.3. The number of carbonyl (C=O) groups is 1. The summed E-state index contributed by atoms with van der Waals surface area (Å²) in [6, 6.07) is 12.1. The highest BCUT2D eigenvalue weighted by Gasteiger charge is 2.59. The maximum Gasteiger partial charge on any atom is 0.252 e. The number of sulfonamides is 1. The Hall–Kier alpha value is -2.76. The molecule has 10 heteroatoms. The Morgan fingerprint density at radius 2 is 1.79 bits per heavy atom. The molecule has 6 aliphatic carbocycles. The highest BCUT2D eigenvalue weighted by Crippen LogP contribution is 2.62. The van der Waals surface area contributed by atoms with Crippen molar-refractivity contribution in [1.82, 2.24) is 4.31 Å². The first-order valence-electron chi connectivity index (χ1n) is 19.3. The predicted molar refractivity (Wildman–Crippen MR) is 204 cm³/mol. The van der Waals surface area contributed by atoms with Gasteiger partial charge in [-0.2, -0.15) is 4.31 Å². The van der Waals surface area contributed by atoms with Gasteiger partial charge in [0.1, 0.15) is 4.21 Å². The molecule has 4 saturated carbocycles. The number of rotatable bonds is 8. The first-order valence-corrected chi connectivity index (χ1v) is 21.6. The number of fused-ring (bicyclic) bond motifs is 10. The lowest BCUT2D eigenvalue weighted by molar-refractivity contribution is -0.114. The maximum atomic E-state index is 14.5. The fraction of sp³-hybridized carbons (Fsp3) is 0.558. The van der Waals surface area contributed by atoms with Gasteiger partial charge in [0.25, 0.3) is 10.0 Å².